The van der Waals surface area contributed by atoms with Crippen LogP contribution in [0.3, 0.4) is 0 Å². The number of rotatable bonds is 2. The summed E-state index contributed by atoms with van der Waals surface area (Å²) in [5.41, 5.74) is 1.04. The fourth-order valence-corrected chi connectivity index (χ4v) is 1.37. The van der Waals surface area contributed by atoms with Crippen LogP contribution in [0.2, 0.25) is 0 Å². The Labute approximate surface area is 81.9 Å². The van der Waals surface area contributed by atoms with Crippen LogP contribution in [-0.2, 0) is 6.54 Å². The molecule has 0 saturated heterocycles. The van der Waals surface area contributed by atoms with E-state index in [-0.39, 0.29) is 11.8 Å². The monoisotopic (exact) mass is 189 g/mol. The van der Waals surface area contributed by atoms with E-state index in [2.05, 4.69) is 0 Å². The van der Waals surface area contributed by atoms with E-state index < -0.39 is 0 Å². The highest BCUT2D eigenvalue weighted by Crippen LogP contribution is 2.22. The molecule has 0 spiro atoms. The standard InChI is InChI=1S/C11H11NO2/c13-10-6-7-11(14)12(10)8-9-4-2-1-3-5-9/h1-7,13-14H,8H2. The van der Waals surface area contributed by atoms with Crippen LogP contribution in [0.4, 0.5) is 0 Å². The molecule has 1 aromatic carbocycles. The van der Waals surface area contributed by atoms with E-state index in [1.807, 2.05) is 30.3 Å². The van der Waals surface area contributed by atoms with E-state index in [0.717, 1.165) is 5.56 Å². The zero-order valence-electron chi connectivity index (χ0n) is 7.59. The van der Waals surface area contributed by atoms with Crippen LogP contribution in [0.15, 0.2) is 42.5 Å². The van der Waals surface area contributed by atoms with Gasteiger partial charge in [-0.05, 0) is 5.56 Å². The van der Waals surface area contributed by atoms with Gasteiger partial charge in [-0.2, -0.15) is 0 Å². The Morgan fingerprint density at radius 3 is 2.00 bits per heavy atom. The van der Waals surface area contributed by atoms with Gasteiger partial charge in [0.2, 0.25) is 0 Å². The summed E-state index contributed by atoms with van der Waals surface area (Å²) < 4.78 is 1.44. The SMILES string of the molecule is Oc1ccc(O)n1Cc1ccccc1. The Morgan fingerprint density at radius 1 is 0.857 bits per heavy atom. The lowest BCUT2D eigenvalue weighted by Crippen LogP contribution is -1.97. The van der Waals surface area contributed by atoms with Gasteiger partial charge in [-0.15, -0.1) is 0 Å². The van der Waals surface area contributed by atoms with E-state index in [4.69, 9.17) is 0 Å². The fraction of sp³-hybridized carbons (Fsp3) is 0.0909. The molecule has 2 rings (SSSR count). The molecule has 0 radical (unpaired) electrons. The summed E-state index contributed by atoms with van der Waals surface area (Å²) >= 11 is 0. The molecule has 72 valence electrons. The van der Waals surface area contributed by atoms with Crippen LogP contribution in [0.5, 0.6) is 11.8 Å². The smallest absolute Gasteiger partial charge is 0.194 e. The normalized spacial score (nSPS) is 10.3. The number of aromatic hydroxyl groups is 2. The summed E-state index contributed by atoms with van der Waals surface area (Å²) in [6.07, 6.45) is 0. The molecule has 1 heterocycles. The van der Waals surface area contributed by atoms with Gasteiger partial charge in [0.05, 0.1) is 6.54 Å². The predicted octanol–water partition coefficient (Wildman–Crippen LogP) is 1.95. The number of hydrogen-bond acceptors (Lipinski definition) is 2. The lowest BCUT2D eigenvalue weighted by molar-refractivity contribution is 0.377. The maximum absolute atomic E-state index is 9.40. The van der Waals surface area contributed by atoms with Crippen molar-refractivity contribution in [1.82, 2.24) is 4.57 Å². The van der Waals surface area contributed by atoms with Gasteiger partial charge in [-0.1, -0.05) is 30.3 Å². The molecule has 3 nitrogen and oxygen atoms in total. The van der Waals surface area contributed by atoms with Crippen molar-refractivity contribution >= 4 is 0 Å². The van der Waals surface area contributed by atoms with E-state index in [0.29, 0.717) is 6.54 Å². The molecule has 0 aliphatic carbocycles. The van der Waals surface area contributed by atoms with Crippen LogP contribution < -0.4 is 0 Å². The maximum Gasteiger partial charge on any atom is 0.194 e. The van der Waals surface area contributed by atoms with Crippen LogP contribution in [0.25, 0.3) is 0 Å². The molecule has 0 unspecified atom stereocenters. The summed E-state index contributed by atoms with van der Waals surface area (Å²) in [4.78, 5) is 0. The molecule has 1 aromatic heterocycles. The minimum atomic E-state index is 0.0753. The zero-order valence-corrected chi connectivity index (χ0v) is 7.59. The van der Waals surface area contributed by atoms with Crippen molar-refractivity contribution in [3.05, 3.63) is 48.0 Å². The third kappa shape index (κ3) is 1.57. The average molecular weight is 189 g/mol. The summed E-state index contributed by atoms with van der Waals surface area (Å²) in [6, 6.07) is 12.6. The quantitative estimate of drug-likeness (QED) is 0.758. The summed E-state index contributed by atoms with van der Waals surface area (Å²) in [7, 11) is 0. The average Bonchev–Trinajstić information content (AvgIpc) is 2.51. The molecule has 2 N–H and O–H groups in total. The molecule has 3 heteroatoms. The summed E-state index contributed by atoms with van der Waals surface area (Å²) in [5, 5.41) is 18.8. The Morgan fingerprint density at radius 2 is 1.43 bits per heavy atom. The molecule has 0 fully saturated rings. The molecule has 0 amide bonds. The van der Waals surface area contributed by atoms with E-state index >= 15 is 0 Å². The zero-order chi connectivity index (χ0) is 9.97. The molecule has 0 saturated carbocycles. The highest BCUT2D eigenvalue weighted by molar-refractivity contribution is 5.26. The third-order valence-corrected chi connectivity index (χ3v) is 2.12. The third-order valence-electron chi connectivity index (χ3n) is 2.12. The van der Waals surface area contributed by atoms with Crippen molar-refractivity contribution in [2.45, 2.75) is 6.54 Å². The second-order valence-corrected chi connectivity index (χ2v) is 3.12. The first-order valence-electron chi connectivity index (χ1n) is 4.39. The first kappa shape index (κ1) is 8.69. The van der Waals surface area contributed by atoms with Gasteiger partial charge in [0, 0.05) is 12.1 Å². The van der Waals surface area contributed by atoms with E-state index in [9.17, 15) is 10.2 Å². The molecule has 0 atom stereocenters. The van der Waals surface area contributed by atoms with Crippen molar-refractivity contribution < 1.29 is 10.2 Å². The maximum atomic E-state index is 9.40. The van der Waals surface area contributed by atoms with Gasteiger partial charge in [-0.25, -0.2) is 0 Å². The highest BCUT2D eigenvalue weighted by Gasteiger charge is 2.05. The van der Waals surface area contributed by atoms with Crippen LogP contribution >= 0.6 is 0 Å². The number of benzene rings is 1. The van der Waals surface area contributed by atoms with Gasteiger partial charge < -0.3 is 10.2 Å². The predicted molar refractivity (Wildman–Crippen MR) is 53.3 cm³/mol. The minimum Gasteiger partial charge on any atom is -0.494 e. The van der Waals surface area contributed by atoms with Crippen LogP contribution in [0.1, 0.15) is 5.56 Å². The topological polar surface area (TPSA) is 45.4 Å². The molecule has 14 heavy (non-hydrogen) atoms. The molecular weight excluding hydrogens is 178 g/mol. The van der Waals surface area contributed by atoms with Crippen LogP contribution in [-0.4, -0.2) is 14.8 Å². The minimum absolute atomic E-state index is 0.0753. The Kier molecular flexibility index (Phi) is 2.14. The van der Waals surface area contributed by atoms with E-state index in [1.165, 1.54) is 16.7 Å². The van der Waals surface area contributed by atoms with E-state index in [1.54, 1.807) is 0 Å². The van der Waals surface area contributed by atoms with Gasteiger partial charge in [0.15, 0.2) is 11.8 Å². The largest absolute Gasteiger partial charge is 0.494 e. The Bertz CT molecular complexity index is 401. The van der Waals surface area contributed by atoms with Crippen LogP contribution in [0, 0.1) is 0 Å². The van der Waals surface area contributed by atoms with Gasteiger partial charge in [-0.3, -0.25) is 4.57 Å². The molecule has 0 aliphatic heterocycles. The van der Waals surface area contributed by atoms with Gasteiger partial charge in [0.1, 0.15) is 0 Å². The Balaban J connectivity index is 2.27. The molecule has 2 aromatic rings. The first-order valence-corrected chi connectivity index (χ1v) is 4.39. The summed E-state index contributed by atoms with van der Waals surface area (Å²) in [6.45, 7) is 0.478. The molecular formula is C11H11NO2. The van der Waals surface area contributed by atoms with Crippen molar-refractivity contribution in [3.8, 4) is 11.8 Å². The van der Waals surface area contributed by atoms with Gasteiger partial charge >= 0.3 is 0 Å². The number of hydrogen-bond donors (Lipinski definition) is 2. The lowest BCUT2D eigenvalue weighted by Gasteiger charge is -2.06. The molecule has 0 bridgehead atoms. The van der Waals surface area contributed by atoms with Crippen molar-refractivity contribution in [3.63, 3.8) is 0 Å². The van der Waals surface area contributed by atoms with Crippen molar-refractivity contribution in [1.29, 1.82) is 0 Å². The molecule has 0 aliphatic rings. The van der Waals surface area contributed by atoms with Gasteiger partial charge in [0.25, 0.3) is 0 Å². The highest BCUT2D eigenvalue weighted by atomic mass is 16.3. The first-order chi connectivity index (χ1) is 6.77. The number of nitrogens with zero attached hydrogens (tertiary/aromatic N) is 1. The fourth-order valence-electron chi connectivity index (χ4n) is 1.37. The second kappa shape index (κ2) is 3.46. The lowest BCUT2D eigenvalue weighted by atomic mass is 10.2. The summed E-state index contributed by atoms with van der Waals surface area (Å²) in [5.74, 6) is 0.151. The van der Waals surface area contributed by atoms with Crippen molar-refractivity contribution in [2.24, 2.45) is 0 Å². The number of aromatic nitrogens is 1. The van der Waals surface area contributed by atoms with Crippen molar-refractivity contribution in [2.75, 3.05) is 0 Å². The second-order valence-electron chi connectivity index (χ2n) is 3.12. The Hall–Kier alpha value is -1.90.